The fourth-order valence-electron chi connectivity index (χ4n) is 2.53. The first-order valence-electron chi connectivity index (χ1n) is 6.30. The summed E-state index contributed by atoms with van der Waals surface area (Å²) in [7, 11) is 1.16. The Morgan fingerprint density at radius 3 is 2.39 bits per heavy atom. The lowest BCUT2D eigenvalue weighted by molar-refractivity contribution is -0.133. The maximum atomic E-state index is 12.6. The SMILES string of the molecule is COC(=O)C1=NNC2C(=O)N(c3c(Cl)cc(Cl)cc3Cl)C(=O)C12. The molecule has 0 aromatic heterocycles. The number of nitrogens with zero attached hydrogens (tertiary/aromatic N) is 2. The van der Waals surface area contributed by atoms with Gasteiger partial charge >= 0.3 is 5.97 Å². The second-order valence-corrected chi connectivity index (χ2v) is 6.05. The number of carbonyl (C=O) groups excluding carboxylic acids is 3. The van der Waals surface area contributed by atoms with E-state index in [1.165, 1.54) is 12.1 Å². The molecule has 2 atom stereocenters. The molecule has 1 saturated heterocycles. The molecule has 1 N–H and O–H groups in total. The predicted molar refractivity (Wildman–Crippen MR) is 83.8 cm³/mol. The minimum Gasteiger partial charge on any atom is -0.464 e. The van der Waals surface area contributed by atoms with Crippen LogP contribution in [0, 0.1) is 5.92 Å². The van der Waals surface area contributed by atoms with Crippen LogP contribution in [0.25, 0.3) is 0 Å². The zero-order valence-electron chi connectivity index (χ0n) is 11.5. The average molecular weight is 377 g/mol. The number of hydrogen-bond donors (Lipinski definition) is 1. The Balaban J connectivity index is 2.05. The molecule has 7 nitrogen and oxygen atoms in total. The minimum atomic E-state index is -1.09. The van der Waals surface area contributed by atoms with Crippen molar-refractivity contribution in [3.05, 3.63) is 27.2 Å². The van der Waals surface area contributed by atoms with Crippen LogP contribution in [0.3, 0.4) is 0 Å². The van der Waals surface area contributed by atoms with E-state index in [1.807, 2.05) is 0 Å². The van der Waals surface area contributed by atoms with E-state index in [-0.39, 0.29) is 26.5 Å². The number of benzene rings is 1. The Hall–Kier alpha value is -1.83. The Bertz CT molecular complexity index is 757. The largest absolute Gasteiger partial charge is 0.464 e. The number of halogens is 3. The Morgan fingerprint density at radius 2 is 1.83 bits per heavy atom. The van der Waals surface area contributed by atoms with Gasteiger partial charge in [-0.05, 0) is 12.1 Å². The highest BCUT2D eigenvalue weighted by Gasteiger charge is 2.56. The Morgan fingerprint density at radius 1 is 1.22 bits per heavy atom. The summed E-state index contributed by atoms with van der Waals surface area (Å²) in [6, 6.07) is 1.73. The molecule has 23 heavy (non-hydrogen) atoms. The normalized spacial score (nSPS) is 22.8. The van der Waals surface area contributed by atoms with E-state index in [0.29, 0.717) is 0 Å². The molecular formula is C13H8Cl3N3O4. The molecule has 3 rings (SSSR count). The summed E-state index contributed by atoms with van der Waals surface area (Å²) in [5.74, 6) is -3.16. The van der Waals surface area contributed by atoms with Gasteiger partial charge in [0.1, 0.15) is 12.0 Å². The molecule has 1 aromatic rings. The standard InChI is InChI=1S/C13H8Cl3N3O4/c1-23-13(22)9-7-8(17-18-9)12(21)19(11(7)20)10-5(15)2-4(14)3-6(10)16/h2-3,7-8,17H,1H3. The number of imide groups is 1. The van der Waals surface area contributed by atoms with Crippen LogP contribution < -0.4 is 10.3 Å². The summed E-state index contributed by atoms with van der Waals surface area (Å²) in [5, 5.41) is 4.06. The molecule has 10 heteroatoms. The summed E-state index contributed by atoms with van der Waals surface area (Å²) in [6.07, 6.45) is 0. The molecular weight excluding hydrogens is 369 g/mol. The maximum Gasteiger partial charge on any atom is 0.355 e. The number of rotatable bonds is 2. The van der Waals surface area contributed by atoms with E-state index in [9.17, 15) is 14.4 Å². The van der Waals surface area contributed by atoms with Crippen molar-refractivity contribution in [3.8, 4) is 0 Å². The van der Waals surface area contributed by atoms with Gasteiger partial charge in [-0.2, -0.15) is 5.10 Å². The summed E-state index contributed by atoms with van der Waals surface area (Å²) < 4.78 is 4.57. The van der Waals surface area contributed by atoms with Crippen molar-refractivity contribution in [2.24, 2.45) is 11.0 Å². The molecule has 2 amide bonds. The number of hydrazone groups is 1. The maximum absolute atomic E-state index is 12.6. The lowest BCUT2D eigenvalue weighted by atomic mass is 9.99. The quantitative estimate of drug-likeness (QED) is 0.626. The number of fused-ring (bicyclic) bond motifs is 1. The number of methoxy groups -OCH3 is 1. The van der Waals surface area contributed by atoms with Crippen LogP contribution in [0.15, 0.2) is 17.2 Å². The summed E-state index contributed by atoms with van der Waals surface area (Å²) in [6.45, 7) is 0. The Labute approximate surface area is 145 Å². The highest BCUT2D eigenvalue weighted by Crippen LogP contribution is 2.41. The van der Waals surface area contributed by atoms with Crippen LogP contribution in [0.4, 0.5) is 5.69 Å². The molecule has 0 aliphatic carbocycles. The topological polar surface area (TPSA) is 88.1 Å². The molecule has 1 aromatic carbocycles. The third kappa shape index (κ3) is 2.36. The zero-order valence-corrected chi connectivity index (χ0v) is 13.7. The lowest BCUT2D eigenvalue weighted by Gasteiger charge is -2.18. The number of nitrogens with one attached hydrogen (secondary N) is 1. The molecule has 0 saturated carbocycles. The van der Waals surface area contributed by atoms with Gasteiger partial charge in [-0.25, -0.2) is 9.69 Å². The van der Waals surface area contributed by atoms with Crippen LogP contribution in [-0.4, -0.2) is 36.6 Å². The zero-order chi connectivity index (χ0) is 16.9. The van der Waals surface area contributed by atoms with Gasteiger partial charge in [0.15, 0.2) is 5.71 Å². The van der Waals surface area contributed by atoms with E-state index < -0.39 is 29.7 Å². The summed E-state index contributed by atoms with van der Waals surface area (Å²) >= 11 is 18.0. The molecule has 2 unspecified atom stereocenters. The number of anilines is 1. The number of ether oxygens (including phenoxy) is 1. The summed E-state index contributed by atoms with van der Waals surface area (Å²) in [4.78, 5) is 37.7. The van der Waals surface area contributed by atoms with Gasteiger partial charge in [-0.15, -0.1) is 0 Å². The number of hydrogen-bond acceptors (Lipinski definition) is 6. The second kappa shape index (κ2) is 5.67. The monoisotopic (exact) mass is 375 g/mol. The molecule has 1 fully saturated rings. The fourth-order valence-corrected chi connectivity index (χ4v) is 3.52. The molecule has 0 radical (unpaired) electrons. The Kier molecular flexibility index (Phi) is 3.95. The van der Waals surface area contributed by atoms with Crippen LogP contribution in [-0.2, 0) is 19.1 Å². The first kappa shape index (κ1) is 16.0. The third-order valence-electron chi connectivity index (χ3n) is 3.52. The first-order chi connectivity index (χ1) is 10.9. The van der Waals surface area contributed by atoms with Crippen molar-refractivity contribution in [3.63, 3.8) is 0 Å². The van der Waals surface area contributed by atoms with E-state index in [1.54, 1.807) is 0 Å². The molecule has 2 aliphatic rings. The van der Waals surface area contributed by atoms with Crippen LogP contribution in [0.5, 0.6) is 0 Å². The van der Waals surface area contributed by atoms with E-state index in [4.69, 9.17) is 34.8 Å². The van der Waals surface area contributed by atoms with E-state index >= 15 is 0 Å². The predicted octanol–water partition coefficient (Wildman–Crippen LogP) is 1.64. The summed E-state index contributed by atoms with van der Waals surface area (Å²) in [5.41, 5.74) is 2.33. The van der Waals surface area contributed by atoms with Crippen molar-refractivity contribution in [1.29, 1.82) is 0 Å². The molecule has 0 spiro atoms. The van der Waals surface area contributed by atoms with Crippen molar-refractivity contribution >= 4 is 64.0 Å². The number of amides is 2. The van der Waals surface area contributed by atoms with Gasteiger partial charge in [-0.1, -0.05) is 34.8 Å². The molecule has 2 heterocycles. The van der Waals surface area contributed by atoms with E-state index in [2.05, 4.69) is 15.3 Å². The molecule has 120 valence electrons. The van der Waals surface area contributed by atoms with E-state index in [0.717, 1.165) is 12.0 Å². The molecule has 2 aliphatic heterocycles. The average Bonchev–Trinajstić information content (AvgIpc) is 3.01. The van der Waals surface area contributed by atoms with Crippen LogP contribution in [0.1, 0.15) is 0 Å². The van der Waals surface area contributed by atoms with Crippen molar-refractivity contribution < 1.29 is 19.1 Å². The smallest absolute Gasteiger partial charge is 0.355 e. The van der Waals surface area contributed by atoms with Gasteiger partial charge < -0.3 is 4.74 Å². The van der Waals surface area contributed by atoms with Crippen LogP contribution >= 0.6 is 34.8 Å². The second-order valence-electron chi connectivity index (χ2n) is 4.80. The highest BCUT2D eigenvalue weighted by atomic mass is 35.5. The minimum absolute atomic E-state index is 0.0214. The third-order valence-corrected chi connectivity index (χ3v) is 4.32. The molecule has 0 bridgehead atoms. The van der Waals surface area contributed by atoms with Crippen molar-refractivity contribution in [2.75, 3.05) is 12.0 Å². The van der Waals surface area contributed by atoms with Gasteiger partial charge in [0, 0.05) is 5.02 Å². The van der Waals surface area contributed by atoms with Gasteiger partial charge in [0.05, 0.1) is 22.8 Å². The lowest BCUT2D eigenvalue weighted by Crippen LogP contribution is -2.36. The number of carbonyl (C=O) groups is 3. The fraction of sp³-hybridized carbons (Fsp3) is 0.231. The highest BCUT2D eigenvalue weighted by molar-refractivity contribution is 6.49. The van der Waals surface area contributed by atoms with Crippen LogP contribution in [0.2, 0.25) is 15.1 Å². The van der Waals surface area contributed by atoms with Gasteiger partial charge in [0.2, 0.25) is 5.91 Å². The first-order valence-corrected chi connectivity index (χ1v) is 7.44. The van der Waals surface area contributed by atoms with Gasteiger partial charge in [-0.3, -0.25) is 15.0 Å². The number of esters is 1. The van der Waals surface area contributed by atoms with Gasteiger partial charge in [0.25, 0.3) is 5.91 Å². The van der Waals surface area contributed by atoms with Crippen molar-refractivity contribution in [1.82, 2.24) is 5.43 Å². The van der Waals surface area contributed by atoms with Crippen molar-refractivity contribution in [2.45, 2.75) is 6.04 Å².